The van der Waals surface area contributed by atoms with Crippen molar-refractivity contribution in [3.63, 3.8) is 0 Å². The van der Waals surface area contributed by atoms with Gasteiger partial charge in [0, 0.05) is 25.8 Å². The molecule has 1 radical (unpaired) electrons. The third kappa shape index (κ3) is 13.7. The zero-order chi connectivity index (χ0) is 21.0. The van der Waals surface area contributed by atoms with Crippen LogP contribution >= 0.6 is 7.81 Å². The Labute approximate surface area is 169 Å². The van der Waals surface area contributed by atoms with Crippen molar-refractivity contribution >= 4 is 13.5 Å². The van der Waals surface area contributed by atoms with Crippen LogP contribution in [0.3, 0.4) is 0 Å². The third-order valence-corrected chi connectivity index (χ3v) is 4.17. The van der Waals surface area contributed by atoms with Gasteiger partial charge >= 0.3 is 33.0 Å². The van der Waals surface area contributed by atoms with Gasteiger partial charge < -0.3 is 5.73 Å². The Hall–Kier alpha value is -1.10. The quantitative estimate of drug-likeness (QED) is 0.221. The van der Waals surface area contributed by atoms with Crippen LogP contribution in [0.5, 0.6) is 0 Å². The van der Waals surface area contributed by atoms with Crippen LogP contribution in [0.2, 0.25) is 0 Å². The first-order chi connectivity index (χ1) is 11.3. The second-order valence-corrected chi connectivity index (χ2v) is 8.04. The first-order valence-corrected chi connectivity index (χ1v) is 9.74. The van der Waals surface area contributed by atoms with Crippen molar-refractivity contribution in [3.8, 4) is 0 Å². The van der Waals surface area contributed by atoms with E-state index in [0.29, 0.717) is 0 Å². The molecule has 0 bridgehead atoms. The van der Waals surface area contributed by atoms with Crippen molar-refractivity contribution in [2.24, 2.45) is 0 Å². The molecule has 27 heavy (non-hydrogen) atoms. The van der Waals surface area contributed by atoms with Crippen LogP contribution in [0.25, 0.3) is 0 Å². The van der Waals surface area contributed by atoms with Crippen molar-refractivity contribution in [3.05, 3.63) is 63.7 Å². The Bertz CT molecular complexity index is 643. The molecule has 2 N–H and O–H groups in total. The summed E-state index contributed by atoms with van der Waals surface area (Å²) >= 11 is 0. The molecule has 0 aliphatic carbocycles. The molecule has 0 saturated heterocycles. The van der Waals surface area contributed by atoms with E-state index in [2.05, 4.69) is 41.5 Å². The normalized spacial score (nSPS) is 12.9. The summed E-state index contributed by atoms with van der Waals surface area (Å²) in [5.74, 6) is 0. The monoisotopic (exact) mass is 497 g/mol. The van der Waals surface area contributed by atoms with Crippen LogP contribution < -0.4 is 5.73 Å². The van der Waals surface area contributed by atoms with Crippen LogP contribution in [-0.4, -0.2) is 0 Å². The maximum Gasteiger partial charge on any atom is 0.0313 e. The molecule has 0 unspecified atom stereocenters. The van der Waals surface area contributed by atoms with Gasteiger partial charge in [0.25, 0.3) is 0 Å². The first kappa shape index (κ1) is 28.1. The van der Waals surface area contributed by atoms with Gasteiger partial charge in [-0.05, 0) is 87.1 Å². The maximum absolute atomic E-state index is 10.7. The molecule has 0 aliphatic heterocycles. The molecule has 0 amide bonds. The standard InChI is InChI=1S/C12H18.C6H7N.F6P.Tc/c1-7-8(2)10(4)12(6)11(5)9(7)3;7-6-4-2-1-3-5-6;1-7(2,3,4,5)6;/h1-6H3;1-5H,7H2;;/q;;-1;. The second-order valence-electron chi connectivity index (χ2n) is 6.12. The van der Waals surface area contributed by atoms with Gasteiger partial charge in [-0.3, -0.25) is 0 Å². The Kier molecular flexibility index (Phi) is 9.30. The van der Waals surface area contributed by atoms with Crippen LogP contribution in [0, 0.1) is 41.5 Å². The molecule has 0 aromatic heterocycles. The van der Waals surface area contributed by atoms with E-state index in [0.717, 1.165) is 5.69 Å². The van der Waals surface area contributed by atoms with Gasteiger partial charge in [-0.1, -0.05) is 18.2 Å². The summed E-state index contributed by atoms with van der Waals surface area (Å²) in [6.45, 7) is 13.3. The fourth-order valence-electron chi connectivity index (χ4n) is 2.14. The SMILES string of the molecule is Cc1c(C)c(C)c(C)c(C)c1C.F[P-](F)(F)(F)(F)F.Nc1ccccc1.[Tc]. The summed E-state index contributed by atoms with van der Waals surface area (Å²) in [6.07, 6.45) is 0. The molecule has 157 valence electrons. The van der Waals surface area contributed by atoms with Crippen LogP contribution in [0.15, 0.2) is 30.3 Å². The summed E-state index contributed by atoms with van der Waals surface area (Å²) in [7, 11) is -10.7. The van der Waals surface area contributed by atoms with Crippen molar-refractivity contribution in [1.29, 1.82) is 0 Å². The summed E-state index contributed by atoms with van der Waals surface area (Å²) in [4.78, 5) is 0. The summed E-state index contributed by atoms with van der Waals surface area (Å²) in [5.41, 5.74) is 14.9. The van der Waals surface area contributed by atoms with Gasteiger partial charge in [-0.15, -0.1) is 0 Å². The number of nitrogen functional groups attached to an aromatic ring is 1. The number of halogens is 6. The molecule has 0 aliphatic rings. The molecule has 0 atom stereocenters. The van der Waals surface area contributed by atoms with E-state index in [1.165, 1.54) is 33.4 Å². The summed E-state index contributed by atoms with van der Waals surface area (Å²) < 4.78 is 59.2. The zero-order valence-corrected chi connectivity index (χ0v) is 18.8. The predicted octanol–water partition coefficient (Wildman–Crippen LogP) is 8.19. The number of benzene rings is 2. The number of hydrogen-bond acceptors (Lipinski definition) is 1. The van der Waals surface area contributed by atoms with E-state index in [1.54, 1.807) is 0 Å². The minimum absolute atomic E-state index is 0. The van der Waals surface area contributed by atoms with Gasteiger partial charge in [-0.25, -0.2) is 0 Å². The molecule has 0 saturated carbocycles. The van der Waals surface area contributed by atoms with E-state index in [1.807, 2.05) is 30.3 Å². The van der Waals surface area contributed by atoms with Gasteiger partial charge in [0.15, 0.2) is 0 Å². The molecule has 0 heterocycles. The number of hydrogen-bond donors (Lipinski definition) is 1. The summed E-state index contributed by atoms with van der Waals surface area (Å²) in [6, 6.07) is 9.49. The molecule has 2 aromatic rings. The Morgan fingerprint density at radius 2 is 0.741 bits per heavy atom. The average Bonchev–Trinajstić information content (AvgIpc) is 2.47. The molecule has 0 fully saturated rings. The second kappa shape index (κ2) is 8.93. The van der Waals surface area contributed by atoms with E-state index >= 15 is 0 Å². The zero-order valence-electron chi connectivity index (χ0n) is 16.1. The number of rotatable bonds is 0. The van der Waals surface area contributed by atoms with Crippen LogP contribution in [0.4, 0.5) is 30.9 Å². The molecule has 2 rings (SSSR count). The molecular formula is C18H25F6NPTc-. The van der Waals surface area contributed by atoms with E-state index < -0.39 is 7.81 Å². The largest absolute Gasteiger partial charge is 0.399 e. The average molecular weight is 498 g/mol. The van der Waals surface area contributed by atoms with Gasteiger partial charge in [0.05, 0.1) is 0 Å². The van der Waals surface area contributed by atoms with E-state index in [4.69, 9.17) is 5.73 Å². The molecule has 9 heteroatoms. The van der Waals surface area contributed by atoms with Crippen molar-refractivity contribution in [2.75, 3.05) is 5.73 Å². The fourth-order valence-corrected chi connectivity index (χ4v) is 2.14. The van der Waals surface area contributed by atoms with Gasteiger partial charge in [-0.2, -0.15) is 0 Å². The van der Waals surface area contributed by atoms with Crippen LogP contribution in [0.1, 0.15) is 33.4 Å². The Morgan fingerprint density at radius 3 is 0.852 bits per heavy atom. The van der Waals surface area contributed by atoms with Gasteiger partial charge in [0.2, 0.25) is 0 Å². The smallest absolute Gasteiger partial charge is 0.0313 e. The molecule has 2 aromatic carbocycles. The fraction of sp³-hybridized carbons (Fsp3) is 0.333. The third-order valence-electron chi connectivity index (χ3n) is 4.17. The first-order valence-electron chi connectivity index (χ1n) is 7.71. The molecule has 1 nitrogen and oxygen atoms in total. The van der Waals surface area contributed by atoms with Crippen molar-refractivity contribution in [2.45, 2.75) is 41.5 Å². The van der Waals surface area contributed by atoms with Crippen LogP contribution in [-0.2, 0) is 20.1 Å². The Morgan fingerprint density at radius 1 is 0.556 bits per heavy atom. The van der Waals surface area contributed by atoms with Gasteiger partial charge in [0.1, 0.15) is 0 Å². The maximum atomic E-state index is 9.87. The number of nitrogens with two attached hydrogens (primary N) is 1. The number of anilines is 1. The minimum atomic E-state index is -10.7. The Balaban J connectivity index is 0. The topological polar surface area (TPSA) is 26.0 Å². The van der Waals surface area contributed by atoms with E-state index in [-0.39, 0.29) is 20.1 Å². The number of para-hydroxylation sites is 1. The molecule has 0 spiro atoms. The predicted molar refractivity (Wildman–Crippen MR) is 99.3 cm³/mol. The van der Waals surface area contributed by atoms with Crippen molar-refractivity contribution in [1.82, 2.24) is 0 Å². The van der Waals surface area contributed by atoms with E-state index in [9.17, 15) is 25.2 Å². The summed E-state index contributed by atoms with van der Waals surface area (Å²) in [5, 5.41) is 0. The van der Waals surface area contributed by atoms with Crippen molar-refractivity contribution < 1.29 is 45.3 Å². The molecular weight excluding hydrogens is 473 g/mol. The minimum Gasteiger partial charge on any atom is -0.399 e.